The lowest BCUT2D eigenvalue weighted by atomic mass is 10.2. The highest BCUT2D eigenvalue weighted by molar-refractivity contribution is 8.13. The number of benzene rings is 1. The van der Waals surface area contributed by atoms with Gasteiger partial charge in [-0.1, -0.05) is 30.0 Å². The van der Waals surface area contributed by atoms with E-state index in [1.165, 1.54) is 23.0 Å². The van der Waals surface area contributed by atoms with Gasteiger partial charge in [-0.25, -0.2) is 0 Å². The molecule has 0 radical (unpaired) electrons. The standard InChI is InChI=1S/C16H21N3O2S/c1-12(19-7-6-13-4-2-3-5-14(13)19)10-17-15(20)11-18-8-9-22-16(18)21/h2-5,12H,6-11H2,1H3,(H,17,20). The van der Waals surface area contributed by atoms with Crippen molar-refractivity contribution >= 4 is 28.6 Å². The molecule has 0 saturated carbocycles. The van der Waals surface area contributed by atoms with Gasteiger partial charge in [0.2, 0.25) is 5.91 Å². The molecule has 1 atom stereocenters. The Hall–Kier alpha value is -1.69. The van der Waals surface area contributed by atoms with Gasteiger partial charge in [0.05, 0.1) is 0 Å². The minimum absolute atomic E-state index is 0.0108. The summed E-state index contributed by atoms with van der Waals surface area (Å²) in [6.45, 7) is 4.57. The van der Waals surface area contributed by atoms with E-state index in [0.717, 1.165) is 18.7 Å². The largest absolute Gasteiger partial charge is 0.366 e. The summed E-state index contributed by atoms with van der Waals surface area (Å²) in [7, 11) is 0. The molecule has 0 aromatic heterocycles. The fourth-order valence-corrected chi connectivity index (χ4v) is 3.82. The molecule has 0 aliphatic carbocycles. The van der Waals surface area contributed by atoms with E-state index < -0.39 is 0 Å². The molecule has 2 aliphatic rings. The molecule has 1 N–H and O–H groups in total. The second-order valence-corrected chi connectivity index (χ2v) is 6.81. The number of amides is 2. The summed E-state index contributed by atoms with van der Waals surface area (Å²) < 4.78 is 0. The highest BCUT2D eigenvalue weighted by Gasteiger charge is 2.25. The molecular formula is C16H21N3O2S. The normalized spacial score (nSPS) is 18.5. The summed E-state index contributed by atoms with van der Waals surface area (Å²) in [5.74, 6) is 0.711. The number of para-hydroxylation sites is 1. The predicted octanol–water partition coefficient (Wildman–Crippen LogP) is 1.72. The minimum Gasteiger partial charge on any atom is -0.366 e. The molecule has 0 spiro atoms. The Labute approximate surface area is 135 Å². The van der Waals surface area contributed by atoms with E-state index in [2.05, 4.69) is 41.4 Å². The van der Waals surface area contributed by atoms with E-state index in [-0.39, 0.29) is 23.7 Å². The highest BCUT2D eigenvalue weighted by Crippen LogP contribution is 2.28. The van der Waals surface area contributed by atoms with Gasteiger partial charge in [0.1, 0.15) is 6.54 Å². The third-order valence-corrected chi connectivity index (χ3v) is 5.12. The lowest BCUT2D eigenvalue weighted by Crippen LogP contribution is -2.44. The van der Waals surface area contributed by atoms with Crippen LogP contribution in [-0.4, -0.2) is 54.0 Å². The maximum absolute atomic E-state index is 12.0. The van der Waals surface area contributed by atoms with Crippen LogP contribution in [-0.2, 0) is 11.2 Å². The monoisotopic (exact) mass is 319 g/mol. The van der Waals surface area contributed by atoms with Gasteiger partial charge in [0.25, 0.3) is 5.24 Å². The molecule has 22 heavy (non-hydrogen) atoms. The van der Waals surface area contributed by atoms with Crippen LogP contribution < -0.4 is 10.2 Å². The molecule has 2 amide bonds. The molecule has 5 nitrogen and oxygen atoms in total. The number of carbonyl (C=O) groups excluding carboxylic acids is 2. The van der Waals surface area contributed by atoms with Crippen LogP contribution in [0.15, 0.2) is 24.3 Å². The summed E-state index contributed by atoms with van der Waals surface area (Å²) in [6.07, 6.45) is 1.06. The smallest absolute Gasteiger partial charge is 0.282 e. The van der Waals surface area contributed by atoms with Gasteiger partial charge in [0.15, 0.2) is 0 Å². The van der Waals surface area contributed by atoms with Crippen molar-refractivity contribution in [1.82, 2.24) is 10.2 Å². The first-order valence-corrected chi connectivity index (χ1v) is 8.66. The molecule has 2 heterocycles. The number of nitrogens with one attached hydrogen (secondary N) is 1. The molecule has 6 heteroatoms. The first-order valence-electron chi connectivity index (χ1n) is 7.68. The molecule has 2 aliphatic heterocycles. The van der Waals surface area contributed by atoms with E-state index >= 15 is 0 Å². The molecule has 1 saturated heterocycles. The lowest BCUT2D eigenvalue weighted by molar-refractivity contribution is -0.121. The maximum atomic E-state index is 12.0. The fraction of sp³-hybridized carbons (Fsp3) is 0.500. The molecule has 1 aromatic carbocycles. The zero-order valence-corrected chi connectivity index (χ0v) is 13.6. The van der Waals surface area contributed by atoms with Gasteiger partial charge in [-0.2, -0.15) is 0 Å². The van der Waals surface area contributed by atoms with E-state index in [9.17, 15) is 9.59 Å². The van der Waals surface area contributed by atoms with E-state index in [1.807, 2.05) is 0 Å². The number of rotatable bonds is 5. The first kappa shape index (κ1) is 15.2. The summed E-state index contributed by atoms with van der Waals surface area (Å²) in [6, 6.07) is 8.67. The second kappa shape index (κ2) is 6.60. The Kier molecular flexibility index (Phi) is 4.57. The van der Waals surface area contributed by atoms with Crippen molar-refractivity contribution in [3.8, 4) is 0 Å². The van der Waals surface area contributed by atoms with Crippen LogP contribution >= 0.6 is 11.8 Å². The van der Waals surface area contributed by atoms with Crippen molar-refractivity contribution < 1.29 is 9.59 Å². The molecule has 1 aromatic rings. The van der Waals surface area contributed by atoms with E-state index in [1.54, 1.807) is 4.90 Å². The zero-order chi connectivity index (χ0) is 15.5. The Balaban J connectivity index is 1.49. The molecule has 1 fully saturated rings. The topological polar surface area (TPSA) is 52.7 Å². The number of hydrogen-bond donors (Lipinski definition) is 1. The Bertz CT molecular complexity index is 578. The van der Waals surface area contributed by atoms with Gasteiger partial charge >= 0.3 is 0 Å². The third-order valence-electron chi connectivity index (χ3n) is 4.23. The van der Waals surface area contributed by atoms with Crippen molar-refractivity contribution in [3.05, 3.63) is 29.8 Å². The van der Waals surface area contributed by atoms with E-state index in [4.69, 9.17) is 0 Å². The number of hydrogen-bond acceptors (Lipinski definition) is 4. The lowest BCUT2D eigenvalue weighted by Gasteiger charge is -2.27. The van der Waals surface area contributed by atoms with Crippen molar-refractivity contribution in [1.29, 1.82) is 0 Å². The molecular weight excluding hydrogens is 298 g/mol. The van der Waals surface area contributed by atoms with Gasteiger partial charge in [0, 0.05) is 37.1 Å². The van der Waals surface area contributed by atoms with Crippen molar-refractivity contribution in [2.24, 2.45) is 0 Å². The van der Waals surface area contributed by atoms with Crippen LogP contribution in [0.5, 0.6) is 0 Å². The fourth-order valence-electron chi connectivity index (χ4n) is 2.99. The highest BCUT2D eigenvalue weighted by atomic mass is 32.2. The summed E-state index contributed by atoms with van der Waals surface area (Å²) in [4.78, 5) is 27.4. The van der Waals surface area contributed by atoms with Crippen molar-refractivity contribution in [2.75, 3.05) is 36.8 Å². The molecule has 3 rings (SSSR count). The molecule has 0 bridgehead atoms. The average Bonchev–Trinajstić information content (AvgIpc) is 3.12. The van der Waals surface area contributed by atoms with Crippen molar-refractivity contribution in [2.45, 2.75) is 19.4 Å². The summed E-state index contributed by atoms with van der Waals surface area (Å²) in [5.41, 5.74) is 2.65. The van der Waals surface area contributed by atoms with Gasteiger partial charge in [-0.15, -0.1) is 0 Å². The van der Waals surface area contributed by atoms with Crippen LogP contribution in [0, 0.1) is 0 Å². The minimum atomic E-state index is -0.0739. The number of thioether (sulfide) groups is 1. The van der Waals surface area contributed by atoms with Gasteiger partial charge in [-0.05, 0) is 25.0 Å². The van der Waals surface area contributed by atoms with Crippen LogP contribution in [0.4, 0.5) is 10.5 Å². The maximum Gasteiger partial charge on any atom is 0.282 e. The first-order chi connectivity index (χ1) is 10.6. The number of fused-ring (bicyclic) bond motifs is 1. The summed E-state index contributed by atoms with van der Waals surface area (Å²) in [5, 5.41) is 2.96. The third kappa shape index (κ3) is 3.21. The SMILES string of the molecule is CC(CNC(=O)CN1CCSC1=O)N1CCc2ccccc21. The Morgan fingerprint density at radius 3 is 2.95 bits per heavy atom. The Morgan fingerprint density at radius 1 is 1.36 bits per heavy atom. The van der Waals surface area contributed by atoms with Crippen LogP contribution in [0.25, 0.3) is 0 Å². The average molecular weight is 319 g/mol. The van der Waals surface area contributed by atoms with Crippen molar-refractivity contribution in [3.63, 3.8) is 0 Å². The van der Waals surface area contributed by atoms with Crippen LogP contribution in [0.3, 0.4) is 0 Å². The van der Waals surface area contributed by atoms with E-state index in [0.29, 0.717) is 13.1 Å². The quantitative estimate of drug-likeness (QED) is 0.898. The second-order valence-electron chi connectivity index (χ2n) is 5.76. The Morgan fingerprint density at radius 2 is 2.18 bits per heavy atom. The predicted molar refractivity (Wildman–Crippen MR) is 89.4 cm³/mol. The van der Waals surface area contributed by atoms with Gasteiger partial charge in [-0.3, -0.25) is 9.59 Å². The number of nitrogens with zero attached hydrogens (tertiary/aromatic N) is 2. The number of anilines is 1. The number of carbonyl (C=O) groups is 2. The molecule has 1 unspecified atom stereocenters. The van der Waals surface area contributed by atoms with Crippen LogP contribution in [0.1, 0.15) is 12.5 Å². The zero-order valence-electron chi connectivity index (χ0n) is 12.7. The molecule has 118 valence electrons. The van der Waals surface area contributed by atoms with Crippen LogP contribution in [0.2, 0.25) is 0 Å². The summed E-state index contributed by atoms with van der Waals surface area (Å²) >= 11 is 1.28. The van der Waals surface area contributed by atoms with Gasteiger partial charge < -0.3 is 15.1 Å².